The third-order valence-corrected chi connectivity index (χ3v) is 6.01. The van der Waals surface area contributed by atoms with Crippen LogP contribution in [0.2, 0.25) is 0 Å². The fourth-order valence-electron chi connectivity index (χ4n) is 3.83. The number of aromatic amines is 1. The van der Waals surface area contributed by atoms with E-state index in [4.69, 9.17) is 16.6 Å². The van der Waals surface area contributed by atoms with Crippen molar-refractivity contribution in [3.05, 3.63) is 74.5 Å². The van der Waals surface area contributed by atoms with Gasteiger partial charge in [0.1, 0.15) is 11.3 Å². The summed E-state index contributed by atoms with van der Waals surface area (Å²) in [5, 5.41) is 1.54. The highest BCUT2D eigenvalue weighted by atomic mass is 32.1. The zero-order valence-corrected chi connectivity index (χ0v) is 18.7. The van der Waals surface area contributed by atoms with Crippen molar-refractivity contribution >= 4 is 40.0 Å². The van der Waals surface area contributed by atoms with Gasteiger partial charge < -0.3 is 14.3 Å². The molecule has 0 aliphatic heterocycles. The van der Waals surface area contributed by atoms with Crippen molar-refractivity contribution in [2.45, 2.75) is 32.7 Å². The predicted octanol–water partition coefficient (Wildman–Crippen LogP) is 4.96. The van der Waals surface area contributed by atoms with E-state index in [0.29, 0.717) is 27.8 Å². The number of aromatic nitrogens is 2. The van der Waals surface area contributed by atoms with Crippen molar-refractivity contribution < 1.29 is 9.21 Å². The van der Waals surface area contributed by atoms with Gasteiger partial charge in [-0.3, -0.25) is 14.2 Å². The normalized spacial score (nSPS) is 11.3. The first-order valence-corrected chi connectivity index (χ1v) is 10.8. The summed E-state index contributed by atoms with van der Waals surface area (Å²) in [4.78, 5) is 30.3. The van der Waals surface area contributed by atoms with Crippen molar-refractivity contribution in [3.63, 3.8) is 0 Å². The van der Waals surface area contributed by atoms with Crippen LogP contribution in [0.5, 0.6) is 0 Å². The molecule has 1 N–H and O–H groups in total. The van der Waals surface area contributed by atoms with Crippen molar-refractivity contribution in [3.8, 4) is 0 Å². The molecule has 0 aliphatic carbocycles. The topological polar surface area (TPSA) is 71.2 Å². The van der Waals surface area contributed by atoms with Crippen LogP contribution in [0.25, 0.3) is 21.9 Å². The van der Waals surface area contributed by atoms with Crippen LogP contribution in [0.3, 0.4) is 0 Å². The number of aryl methyl sites for hydroxylation is 1. The molecular weight excluding hydrogens is 410 g/mol. The summed E-state index contributed by atoms with van der Waals surface area (Å²) in [7, 11) is 3.41. The SMILES string of the molecule is CCCCc1oc2ccccc2c1CN(C)C(=O)c1ccc2c(=O)n(C)c(=S)[nH]c2c1. The summed E-state index contributed by atoms with van der Waals surface area (Å²) in [5.74, 6) is 0.808. The summed E-state index contributed by atoms with van der Waals surface area (Å²) in [6, 6.07) is 13.0. The standard InChI is InChI=1S/C24H25N3O3S/c1-4-5-9-21-18(16-8-6-7-10-20(16)30-21)14-26(2)22(28)15-11-12-17-19(13-15)25-24(31)27(3)23(17)29/h6-8,10-13H,4-5,9,14H2,1-3H3,(H,25,31). The van der Waals surface area contributed by atoms with Gasteiger partial charge >= 0.3 is 0 Å². The minimum atomic E-state index is -0.184. The van der Waals surface area contributed by atoms with E-state index in [2.05, 4.69) is 11.9 Å². The Labute approximate surface area is 185 Å². The number of unbranched alkanes of at least 4 members (excludes halogenated alkanes) is 1. The number of hydrogen-bond donors (Lipinski definition) is 1. The molecule has 4 rings (SSSR count). The first kappa shape index (κ1) is 21.1. The van der Waals surface area contributed by atoms with Gasteiger partial charge in [0.05, 0.1) is 10.9 Å². The molecule has 7 heteroatoms. The van der Waals surface area contributed by atoms with Gasteiger partial charge in [0, 0.05) is 43.6 Å². The van der Waals surface area contributed by atoms with Gasteiger partial charge in [-0.05, 0) is 42.9 Å². The molecule has 0 saturated carbocycles. The number of nitrogens with one attached hydrogen (secondary N) is 1. The monoisotopic (exact) mass is 435 g/mol. The van der Waals surface area contributed by atoms with Gasteiger partial charge in [-0.15, -0.1) is 0 Å². The highest BCUT2D eigenvalue weighted by molar-refractivity contribution is 7.71. The lowest BCUT2D eigenvalue weighted by atomic mass is 10.1. The molecule has 0 atom stereocenters. The molecular formula is C24H25N3O3S. The second kappa shape index (κ2) is 8.51. The van der Waals surface area contributed by atoms with Crippen LogP contribution < -0.4 is 5.56 Å². The quantitative estimate of drug-likeness (QED) is 0.435. The molecule has 6 nitrogen and oxygen atoms in total. The van der Waals surface area contributed by atoms with Crippen molar-refractivity contribution in [1.82, 2.24) is 14.5 Å². The molecule has 31 heavy (non-hydrogen) atoms. The molecule has 160 valence electrons. The number of hydrogen-bond acceptors (Lipinski definition) is 4. The minimum Gasteiger partial charge on any atom is -0.461 e. The predicted molar refractivity (Wildman–Crippen MR) is 125 cm³/mol. The molecule has 0 unspecified atom stereocenters. The molecule has 0 radical (unpaired) electrons. The van der Waals surface area contributed by atoms with E-state index in [1.54, 1.807) is 37.2 Å². The van der Waals surface area contributed by atoms with Crippen LogP contribution >= 0.6 is 12.2 Å². The average Bonchev–Trinajstić information content (AvgIpc) is 3.12. The number of carbonyl (C=O) groups excluding carboxylic acids is 1. The Morgan fingerprint density at radius 1 is 1.19 bits per heavy atom. The molecule has 0 bridgehead atoms. The first-order valence-electron chi connectivity index (χ1n) is 10.4. The lowest BCUT2D eigenvalue weighted by Crippen LogP contribution is -2.27. The van der Waals surface area contributed by atoms with Crippen LogP contribution in [0.15, 0.2) is 51.7 Å². The third-order valence-electron chi connectivity index (χ3n) is 5.63. The van der Waals surface area contributed by atoms with Crippen molar-refractivity contribution in [2.75, 3.05) is 7.05 Å². The van der Waals surface area contributed by atoms with Crippen LogP contribution in [0.1, 0.15) is 41.4 Å². The summed E-state index contributed by atoms with van der Waals surface area (Å²) in [6.07, 6.45) is 2.95. The van der Waals surface area contributed by atoms with Gasteiger partial charge in [-0.25, -0.2) is 0 Å². The molecule has 2 heterocycles. The number of carbonyl (C=O) groups is 1. The third kappa shape index (κ3) is 3.93. The number of benzene rings is 2. The van der Waals surface area contributed by atoms with Crippen LogP contribution in [-0.2, 0) is 20.0 Å². The molecule has 4 aromatic rings. The second-order valence-electron chi connectivity index (χ2n) is 7.82. The van der Waals surface area contributed by atoms with E-state index in [1.807, 2.05) is 24.3 Å². The molecule has 2 aromatic carbocycles. The van der Waals surface area contributed by atoms with E-state index in [1.165, 1.54) is 4.57 Å². The van der Waals surface area contributed by atoms with Gasteiger partial charge in [0.2, 0.25) is 0 Å². The number of H-pyrrole nitrogens is 1. The fourth-order valence-corrected chi connectivity index (χ4v) is 4.02. The van der Waals surface area contributed by atoms with Crippen LogP contribution in [0, 0.1) is 4.77 Å². The highest BCUT2D eigenvalue weighted by Gasteiger charge is 2.19. The summed E-state index contributed by atoms with van der Waals surface area (Å²) in [5.41, 5.74) is 2.77. The molecule has 0 spiro atoms. The lowest BCUT2D eigenvalue weighted by molar-refractivity contribution is 0.0785. The number of nitrogens with zero attached hydrogens (tertiary/aromatic N) is 2. The number of rotatable bonds is 6. The van der Waals surface area contributed by atoms with E-state index in [0.717, 1.165) is 41.6 Å². The summed E-state index contributed by atoms with van der Waals surface area (Å²) < 4.78 is 7.79. The molecule has 2 aromatic heterocycles. The Morgan fingerprint density at radius 2 is 1.97 bits per heavy atom. The Bertz CT molecular complexity index is 1400. The van der Waals surface area contributed by atoms with Crippen LogP contribution in [0.4, 0.5) is 0 Å². The van der Waals surface area contributed by atoms with Crippen LogP contribution in [-0.4, -0.2) is 27.4 Å². The maximum absolute atomic E-state index is 13.2. The Hall–Kier alpha value is -3.19. The minimum absolute atomic E-state index is 0.131. The zero-order valence-electron chi connectivity index (χ0n) is 17.9. The number of para-hydroxylation sites is 1. The fraction of sp³-hybridized carbons (Fsp3) is 0.292. The van der Waals surface area contributed by atoms with Crippen molar-refractivity contribution in [2.24, 2.45) is 7.05 Å². The Balaban J connectivity index is 1.67. The maximum atomic E-state index is 13.2. The molecule has 0 aliphatic rings. The average molecular weight is 436 g/mol. The number of fused-ring (bicyclic) bond motifs is 2. The largest absolute Gasteiger partial charge is 0.461 e. The molecule has 0 fully saturated rings. The Morgan fingerprint density at radius 3 is 2.74 bits per heavy atom. The highest BCUT2D eigenvalue weighted by Crippen LogP contribution is 2.28. The van der Waals surface area contributed by atoms with Gasteiger partial charge in [-0.1, -0.05) is 31.5 Å². The molecule has 0 saturated heterocycles. The maximum Gasteiger partial charge on any atom is 0.261 e. The van der Waals surface area contributed by atoms with E-state index in [-0.39, 0.29) is 11.5 Å². The van der Waals surface area contributed by atoms with E-state index < -0.39 is 0 Å². The van der Waals surface area contributed by atoms with Gasteiger partial charge in [-0.2, -0.15) is 0 Å². The van der Waals surface area contributed by atoms with Gasteiger partial charge in [0.15, 0.2) is 4.77 Å². The number of amides is 1. The first-order chi connectivity index (χ1) is 14.9. The Kier molecular flexibility index (Phi) is 5.78. The smallest absolute Gasteiger partial charge is 0.261 e. The van der Waals surface area contributed by atoms with Crippen molar-refractivity contribution in [1.29, 1.82) is 0 Å². The molecule has 1 amide bonds. The summed E-state index contributed by atoms with van der Waals surface area (Å²) in [6.45, 7) is 2.59. The summed E-state index contributed by atoms with van der Waals surface area (Å²) >= 11 is 5.20. The lowest BCUT2D eigenvalue weighted by Gasteiger charge is -2.18. The van der Waals surface area contributed by atoms with E-state index >= 15 is 0 Å². The second-order valence-corrected chi connectivity index (χ2v) is 8.21. The van der Waals surface area contributed by atoms with E-state index in [9.17, 15) is 9.59 Å². The van der Waals surface area contributed by atoms with Gasteiger partial charge in [0.25, 0.3) is 11.5 Å². The zero-order chi connectivity index (χ0) is 22.1. The number of furan rings is 1.